The Bertz CT molecular complexity index is 1180. The lowest BCUT2D eigenvalue weighted by Gasteiger charge is -2.55. The van der Waals surface area contributed by atoms with Crippen LogP contribution in [0.5, 0.6) is 5.75 Å². The van der Waals surface area contributed by atoms with E-state index >= 15 is 0 Å². The van der Waals surface area contributed by atoms with Crippen LogP contribution in [0.1, 0.15) is 60.2 Å². The van der Waals surface area contributed by atoms with E-state index in [0.717, 1.165) is 0 Å². The van der Waals surface area contributed by atoms with Crippen LogP contribution in [-0.2, 0) is 14.3 Å². The van der Waals surface area contributed by atoms with Crippen molar-refractivity contribution in [2.24, 2.45) is 0 Å². The Morgan fingerprint density at radius 2 is 1.85 bits per heavy atom. The third kappa shape index (κ3) is 3.08. The molecule has 1 saturated carbocycles. The first-order valence-corrected chi connectivity index (χ1v) is 11.2. The summed E-state index contributed by atoms with van der Waals surface area (Å²) in [6.07, 6.45) is -0.268. The van der Waals surface area contributed by atoms with E-state index in [-0.39, 0.29) is 40.9 Å². The molecule has 1 heterocycles. The molecule has 4 N–H and O–H groups in total. The van der Waals surface area contributed by atoms with Gasteiger partial charge in [0.25, 0.3) is 0 Å². The molecule has 1 aromatic carbocycles. The molecule has 2 fully saturated rings. The molecule has 34 heavy (non-hydrogen) atoms. The third-order valence-electron chi connectivity index (χ3n) is 7.24. The molecule has 0 spiro atoms. The third-order valence-corrected chi connectivity index (χ3v) is 7.24. The monoisotopic (exact) mass is 470 g/mol. The lowest BCUT2D eigenvalue weighted by molar-refractivity contribution is -0.282. The highest BCUT2D eigenvalue weighted by Crippen LogP contribution is 2.53. The molecular weight excluding hydrogens is 444 g/mol. The minimum atomic E-state index is -2.32. The Kier molecular flexibility index (Phi) is 5.02. The molecule has 6 atom stereocenters. The summed E-state index contributed by atoms with van der Waals surface area (Å²) in [6.45, 7) is 3.04. The van der Waals surface area contributed by atoms with Gasteiger partial charge in [-0.05, 0) is 32.4 Å². The van der Waals surface area contributed by atoms with Crippen molar-refractivity contribution in [3.05, 3.63) is 52.6 Å². The molecule has 5 rings (SSSR count). The standard InChI is InChI=1S/C25H26O9/c1-12-15(26)6-7-18(33-12)34-25-17(28)10-23(2,31)11-24(25,32)9-8-14-20(25)22(30)13-4-3-5-16(27)19(13)21(14)29/h3-5,8-9,12,15,18,26-27,31-32H,6-7,10-11H2,1-2H3. The van der Waals surface area contributed by atoms with E-state index in [0.29, 0.717) is 6.42 Å². The molecule has 1 aromatic rings. The SMILES string of the molecule is CC1OC(OC23C(=O)CC(C)(O)CC2(O)C=CC2=C3C(=O)c3cccc(O)c3C2=O)CCC1O. The number of Topliss-reactive ketones (excluding diaryl/α,β-unsaturated/α-hetero) is 3. The van der Waals surface area contributed by atoms with Gasteiger partial charge in [-0.1, -0.05) is 18.2 Å². The minimum Gasteiger partial charge on any atom is -0.507 e. The van der Waals surface area contributed by atoms with Gasteiger partial charge >= 0.3 is 0 Å². The van der Waals surface area contributed by atoms with Crippen LogP contribution in [0.4, 0.5) is 0 Å². The van der Waals surface area contributed by atoms with E-state index < -0.39 is 59.1 Å². The van der Waals surface area contributed by atoms with Crippen molar-refractivity contribution in [1.82, 2.24) is 0 Å². The van der Waals surface area contributed by atoms with E-state index in [2.05, 4.69) is 0 Å². The number of aliphatic hydroxyl groups is 3. The molecule has 3 aliphatic carbocycles. The maximum atomic E-state index is 13.8. The predicted molar refractivity (Wildman–Crippen MR) is 116 cm³/mol. The minimum absolute atomic E-state index is 0.108. The number of phenolic OH excluding ortho intramolecular Hbond substituents is 1. The molecule has 4 aliphatic rings. The number of rotatable bonds is 2. The van der Waals surface area contributed by atoms with Crippen LogP contribution in [0.25, 0.3) is 0 Å². The van der Waals surface area contributed by atoms with Crippen LogP contribution in [0.3, 0.4) is 0 Å². The summed E-state index contributed by atoms with van der Waals surface area (Å²) in [7, 11) is 0. The number of carbonyl (C=O) groups excluding carboxylic acids is 3. The average molecular weight is 470 g/mol. The quantitative estimate of drug-likeness (QED) is 0.498. The van der Waals surface area contributed by atoms with E-state index in [1.807, 2.05) is 0 Å². The zero-order valence-electron chi connectivity index (χ0n) is 18.8. The number of hydrogen-bond acceptors (Lipinski definition) is 9. The molecule has 9 nitrogen and oxygen atoms in total. The van der Waals surface area contributed by atoms with E-state index in [9.17, 15) is 34.8 Å². The molecule has 1 aliphatic heterocycles. The molecule has 0 radical (unpaired) electrons. The molecule has 0 bridgehead atoms. The smallest absolute Gasteiger partial charge is 0.198 e. The summed E-state index contributed by atoms with van der Waals surface area (Å²) in [5, 5.41) is 42.8. The Balaban J connectivity index is 1.71. The number of fused-ring (bicyclic) bond motifs is 3. The molecular formula is C25H26O9. The first-order valence-electron chi connectivity index (χ1n) is 11.2. The normalized spacial score (nSPS) is 39.6. The fraction of sp³-hybridized carbons (Fsp3) is 0.480. The van der Waals surface area contributed by atoms with Crippen LogP contribution in [-0.4, -0.2) is 73.1 Å². The summed E-state index contributed by atoms with van der Waals surface area (Å²) in [5.74, 6) is -2.55. The van der Waals surface area contributed by atoms with Gasteiger partial charge in [-0.2, -0.15) is 0 Å². The van der Waals surface area contributed by atoms with Crippen LogP contribution < -0.4 is 0 Å². The van der Waals surface area contributed by atoms with Gasteiger partial charge in [0.2, 0.25) is 0 Å². The molecule has 0 aromatic heterocycles. The largest absolute Gasteiger partial charge is 0.507 e. The van der Waals surface area contributed by atoms with Gasteiger partial charge in [-0.15, -0.1) is 0 Å². The number of benzene rings is 1. The van der Waals surface area contributed by atoms with E-state index in [4.69, 9.17) is 9.47 Å². The maximum Gasteiger partial charge on any atom is 0.198 e. The van der Waals surface area contributed by atoms with Gasteiger partial charge in [-0.3, -0.25) is 14.4 Å². The lowest BCUT2D eigenvalue weighted by atomic mass is 9.57. The van der Waals surface area contributed by atoms with Gasteiger partial charge < -0.3 is 29.9 Å². The predicted octanol–water partition coefficient (Wildman–Crippen LogP) is 1.12. The Hall–Kier alpha value is -2.69. The van der Waals surface area contributed by atoms with Gasteiger partial charge in [0.05, 0.1) is 28.9 Å². The zero-order valence-corrected chi connectivity index (χ0v) is 18.8. The number of carbonyl (C=O) groups is 3. The van der Waals surface area contributed by atoms with Crippen molar-refractivity contribution in [3.8, 4) is 5.75 Å². The number of hydrogen-bond donors (Lipinski definition) is 4. The van der Waals surface area contributed by atoms with Gasteiger partial charge in [0.15, 0.2) is 29.2 Å². The summed E-state index contributed by atoms with van der Waals surface area (Å²) in [6, 6.07) is 4.06. The van der Waals surface area contributed by atoms with Gasteiger partial charge in [0, 0.05) is 30.4 Å². The number of ketones is 3. The second-order valence-electron chi connectivity index (χ2n) is 9.89. The topological polar surface area (TPSA) is 151 Å². The summed E-state index contributed by atoms with van der Waals surface area (Å²) < 4.78 is 11.9. The van der Waals surface area contributed by atoms with E-state index in [1.165, 1.54) is 37.3 Å². The Morgan fingerprint density at radius 1 is 1.12 bits per heavy atom. The number of aliphatic hydroxyl groups excluding tert-OH is 1. The van der Waals surface area contributed by atoms with Crippen molar-refractivity contribution >= 4 is 17.3 Å². The van der Waals surface area contributed by atoms with Crippen molar-refractivity contribution < 1.29 is 44.3 Å². The van der Waals surface area contributed by atoms with Crippen molar-refractivity contribution in [3.63, 3.8) is 0 Å². The van der Waals surface area contributed by atoms with Crippen molar-refractivity contribution in [2.75, 3.05) is 0 Å². The van der Waals surface area contributed by atoms with Crippen LogP contribution in [0, 0.1) is 0 Å². The Morgan fingerprint density at radius 3 is 2.56 bits per heavy atom. The first kappa shape index (κ1) is 23.1. The summed E-state index contributed by atoms with van der Waals surface area (Å²) >= 11 is 0. The molecule has 180 valence electrons. The van der Waals surface area contributed by atoms with Crippen LogP contribution in [0.2, 0.25) is 0 Å². The second-order valence-corrected chi connectivity index (χ2v) is 9.89. The van der Waals surface area contributed by atoms with Crippen LogP contribution >= 0.6 is 0 Å². The molecule has 1 saturated heterocycles. The highest BCUT2D eigenvalue weighted by Gasteiger charge is 2.68. The highest BCUT2D eigenvalue weighted by molar-refractivity contribution is 6.31. The number of ether oxygens (including phenoxy) is 2. The Labute approximate surface area is 195 Å². The summed E-state index contributed by atoms with van der Waals surface area (Å²) in [5.41, 5.74) is -6.85. The van der Waals surface area contributed by atoms with Crippen LogP contribution in [0.15, 0.2) is 41.5 Å². The molecule has 0 amide bonds. The average Bonchev–Trinajstić information content (AvgIpc) is 2.74. The molecule has 6 unspecified atom stereocenters. The fourth-order valence-electron chi connectivity index (χ4n) is 5.66. The van der Waals surface area contributed by atoms with Gasteiger partial charge in [-0.25, -0.2) is 0 Å². The van der Waals surface area contributed by atoms with E-state index in [1.54, 1.807) is 6.92 Å². The van der Waals surface area contributed by atoms with Crippen molar-refractivity contribution in [2.45, 2.75) is 74.8 Å². The second kappa shape index (κ2) is 7.40. The lowest BCUT2D eigenvalue weighted by Crippen LogP contribution is -2.71. The van der Waals surface area contributed by atoms with Gasteiger partial charge in [0.1, 0.15) is 11.4 Å². The zero-order chi connectivity index (χ0) is 24.6. The number of allylic oxidation sites excluding steroid dienone is 2. The first-order chi connectivity index (χ1) is 15.9. The maximum absolute atomic E-state index is 13.8. The van der Waals surface area contributed by atoms with Crippen molar-refractivity contribution in [1.29, 1.82) is 0 Å². The molecule has 9 heteroatoms. The highest BCUT2D eigenvalue weighted by atomic mass is 16.7. The number of phenols is 1. The number of aromatic hydroxyl groups is 1. The summed E-state index contributed by atoms with van der Waals surface area (Å²) in [4.78, 5) is 40.9. The fourth-order valence-corrected chi connectivity index (χ4v) is 5.66.